The molecule has 0 radical (unpaired) electrons. The van der Waals surface area contributed by atoms with E-state index in [9.17, 15) is 14.0 Å². The van der Waals surface area contributed by atoms with Crippen LogP contribution in [-0.4, -0.2) is 53.8 Å². The summed E-state index contributed by atoms with van der Waals surface area (Å²) in [7, 11) is 0. The van der Waals surface area contributed by atoms with Crippen molar-refractivity contribution in [2.45, 2.75) is 18.5 Å². The standard InChI is InChI=1S/C21H21Cl2FN4O2/c22-14-3-1-2-13(10-14)18-12-19(26-25-18)21(30)28-8-6-27(7-9-28)20(29)16-5-4-15(24)11-17(16)23/h1-5,10-11,18-19,25-26H,6-9,12H2. The van der Waals surface area contributed by atoms with Gasteiger partial charge in [0.15, 0.2) is 0 Å². The molecule has 9 heteroatoms. The van der Waals surface area contributed by atoms with E-state index in [1.165, 1.54) is 12.1 Å². The molecule has 6 nitrogen and oxygen atoms in total. The molecule has 0 aromatic heterocycles. The van der Waals surface area contributed by atoms with Crippen molar-refractivity contribution in [1.82, 2.24) is 20.7 Å². The predicted octanol–water partition coefficient (Wildman–Crippen LogP) is 3.02. The molecule has 2 aliphatic rings. The number of carbonyl (C=O) groups excluding carboxylic acids is 2. The Bertz CT molecular complexity index is 966. The molecule has 2 heterocycles. The van der Waals surface area contributed by atoms with Gasteiger partial charge in [-0.2, -0.15) is 0 Å². The third-order valence-electron chi connectivity index (χ3n) is 5.49. The first kappa shape index (κ1) is 21.1. The molecule has 2 aromatic rings. The van der Waals surface area contributed by atoms with Crippen LogP contribution in [-0.2, 0) is 4.79 Å². The number of piperazine rings is 1. The first-order chi connectivity index (χ1) is 14.4. The highest BCUT2D eigenvalue weighted by atomic mass is 35.5. The quantitative estimate of drug-likeness (QED) is 0.754. The minimum Gasteiger partial charge on any atom is -0.338 e. The molecule has 30 heavy (non-hydrogen) atoms. The van der Waals surface area contributed by atoms with E-state index >= 15 is 0 Å². The van der Waals surface area contributed by atoms with Gasteiger partial charge in [-0.1, -0.05) is 35.3 Å². The summed E-state index contributed by atoms with van der Waals surface area (Å²) in [5.41, 5.74) is 7.53. The van der Waals surface area contributed by atoms with E-state index in [1.54, 1.807) is 9.80 Å². The van der Waals surface area contributed by atoms with Crippen LogP contribution in [0, 0.1) is 5.82 Å². The first-order valence-corrected chi connectivity index (χ1v) is 10.5. The van der Waals surface area contributed by atoms with Crippen molar-refractivity contribution < 1.29 is 14.0 Å². The molecule has 2 atom stereocenters. The Balaban J connectivity index is 1.33. The second-order valence-electron chi connectivity index (χ2n) is 7.43. The van der Waals surface area contributed by atoms with Gasteiger partial charge < -0.3 is 9.80 Å². The second-order valence-corrected chi connectivity index (χ2v) is 8.27. The van der Waals surface area contributed by atoms with E-state index in [-0.39, 0.29) is 34.5 Å². The van der Waals surface area contributed by atoms with Gasteiger partial charge in [0.2, 0.25) is 5.91 Å². The lowest BCUT2D eigenvalue weighted by atomic mass is 10.0. The zero-order valence-corrected chi connectivity index (χ0v) is 17.6. The highest BCUT2D eigenvalue weighted by molar-refractivity contribution is 6.33. The maximum absolute atomic E-state index is 13.2. The van der Waals surface area contributed by atoms with Crippen LogP contribution in [0.5, 0.6) is 0 Å². The van der Waals surface area contributed by atoms with Gasteiger partial charge in [-0.05, 0) is 42.3 Å². The van der Waals surface area contributed by atoms with Crippen LogP contribution in [0.3, 0.4) is 0 Å². The molecule has 0 aliphatic carbocycles. The summed E-state index contributed by atoms with van der Waals surface area (Å²) < 4.78 is 13.2. The molecular formula is C21H21Cl2FN4O2. The number of halogens is 3. The molecule has 2 amide bonds. The Kier molecular flexibility index (Phi) is 6.24. The fourth-order valence-corrected chi connectivity index (χ4v) is 4.29. The van der Waals surface area contributed by atoms with Crippen LogP contribution in [0.1, 0.15) is 28.4 Å². The van der Waals surface area contributed by atoms with Gasteiger partial charge in [0.1, 0.15) is 11.9 Å². The lowest BCUT2D eigenvalue weighted by Crippen LogP contribution is -2.54. The highest BCUT2D eigenvalue weighted by Gasteiger charge is 2.35. The Morgan fingerprint density at radius 2 is 1.70 bits per heavy atom. The number of carbonyl (C=O) groups is 2. The molecule has 2 N–H and O–H groups in total. The number of hydrogen-bond donors (Lipinski definition) is 2. The first-order valence-electron chi connectivity index (χ1n) is 9.72. The van der Waals surface area contributed by atoms with Crippen molar-refractivity contribution in [2.75, 3.05) is 26.2 Å². The second kappa shape index (κ2) is 8.89. The summed E-state index contributed by atoms with van der Waals surface area (Å²) in [6, 6.07) is 11.0. The van der Waals surface area contributed by atoms with Crippen LogP contribution in [0.15, 0.2) is 42.5 Å². The fourth-order valence-electron chi connectivity index (χ4n) is 3.84. The summed E-state index contributed by atoms with van der Waals surface area (Å²) >= 11 is 12.1. The third-order valence-corrected chi connectivity index (χ3v) is 6.04. The summed E-state index contributed by atoms with van der Waals surface area (Å²) in [5.74, 6) is -0.742. The van der Waals surface area contributed by atoms with Gasteiger partial charge in [-0.15, -0.1) is 0 Å². The fraction of sp³-hybridized carbons (Fsp3) is 0.333. The maximum atomic E-state index is 13.2. The summed E-state index contributed by atoms with van der Waals surface area (Å²) in [6.07, 6.45) is 0.615. The minimum absolute atomic E-state index is 0.000980. The van der Waals surface area contributed by atoms with Gasteiger partial charge >= 0.3 is 0 Å². The van der Waals surface area contributed by atoms with E-state index in [2.05, 4.69) is 10.9 Å². The van der Waals surface area contributed by atoms with Crippen LogP contribution in [0.25, 0.3) is 0 Å². The third kappa shape index (κ3) is 4.44. The topological polar surface area (TPSA) is 64.7 Å². The van der Waals surface area contributed by atoms with Crippen LogP contribution in [0.2, 0.25) is 10.0 Å². The van der Waals surface area contributed by atoms with Crippen molar-refractivity contribution >= 4 is 35.0 Å². The molecule has 158 valence electrons. The molecule has 2 aromatic carbocycles. The molecule has 0 saturated carbocycles. The number of benzene rings is 2. The summed E-state index contributed by atoms with van der Waals surface area (Å²) in [4.78, 5) is 29.0. The Morgan fingerprint density at radius 1 is 0.967 bits per heavy atom. The SMILES string of the molecule is O=C(c1ccc(F)cc1Cl)N1CCN(C(=O)C2CC(c3cccc(Cl)c3)NN2)CC1. The number of rotatable bonds is 3. The van der Waals surface area contributed by atoms with Crippen molar-refractivity contribution in [2.24, 2.45) is 0 Å². The lowest BCUT2D eigenvalue weighted by molar-refractivity contribution is -0.134. The van der Waals surface area contributed by atoms with Gasteiger partial charge in [0.05, 0.1) is 10.6 Å². The normalized spacial score (nSPS) is 21.7. The Hall–Kier alpha value is -2.19. The Morgan fingerprint density at radius 3 is 2.40 bits per heavy atom. The van der Waals surface area contributed by atoms with Crippen LogP contribution < -0.4 is 10.9 Å². The number of nitrogens with zero attached hydrogens (tertiary/aromatic N) is 2. The predicted molar refractivity (Wildman–Crippen MR) is 113 cm³/mol. The number of amides is 2. The highest BCUT2D eigenvalue weighted by Crippen LogP contribution is 2.26. The van der Waals surface area contributed by atoms with Crippen molar-refractivity contribution in [3.8, 4) is 0 Å². The zero-order chi connectivity index (χ0) is 21.3. The van der Waals surface area contributed by atoms with Gasteiger partial charge in [-0.25, -0.2) is 15.2 Å². The monoisotopic (exact) mass is 450 g/mol. The van der Waals surface area contributed by atoms with Gasteiger partial charge in [0.25, 0.3) is 5.91 Å². The van der Waals surface area contributed by atoms with Crippen molar-refractivity contribution in [1.29, 1.82) is 0 Å². The van der Waals surface area contributed by atoms with E-state index in [4.69, 9.17) is 23.2 Å². The molecule has 0 spiro atoms. The van der Waals surface area contributed by atoms with Crippen LogP contribution in [0.4, 0.5) is 4.39 Å². The number of nitrogens with one attached hydrogen (secondary N) is 2. The molecule has 0 bridgehead atoms. The van der Waals surface area contributed by atoms with E-state index in [1.807, 2.05) is 24.3 Å². The smallest absolute Gasteiger partial charge is 0.255 e. The molecule has 2 fully saturated rings. The number of hydrazine groups is 1. The molecule has 2 aliphatic heterocycles. The largest absolute Gasteiger partial charge is 0.338 e. The van der Waals surface area contributed by atoms with Crippen molar-refractivity contribution in [3.05, 3.63) is 69.5 Å². The van der Waals surface area contributed by atoms with Gasteiger partial charge in [-0.3, -0.25) is 9.59 Å². The minimum atomic E-state index is -0.485. The average Bonchev–Trinajstić information content (AvgIpc) is 3.23. The number of hydrogen-bond acceptors (Lipinski definition) is 4. The van der Waals surface area contributed by atoms with Crippen molar-refractivity contribution in [3.63, 3.8) is 0 Å². The lowest BCUT2D eigenvalue weighted by Gasteiger charge is -2.36. The van der Waals surface area contributed by atoms with E-state index in [0.717, 1.165) is 11.6 Å². The molecule has 2 saturated heterocycles. The maximum Gasteiger partial charge on any atom is 0.255 e. The zero-order valence-electron chi connectivity index (χ0n) is 16.1. The Labute approximate surface area is 183 Å². The van der Waals surface area contributed by atoms with E-state index < -0.39 is 5.82 Å². The van der Waals surface area contributed by atoms with Gasteiger partial charge in [0, 0.05) is 37.2 Å². The van der Waals surface area contributed by atoms with E-state index in [0.29, 0.717) is 37.6 Å². The summed E-state index contributed by atoms with van der Waals surface area (Å²) in [6.45, 7) is 1.67. The molecule has 4 rings (SSSR count). The average molecular weight is 451 g/mol. The molecular weight excluding hydrogens is 430 g/mol. The summed E-state index contributed by atoms with van der Waals surface area (Å²) in [5, 5.41) is 0.748. The molecule has 2 unspecified atom stereocenters. The van der Waals surface area contributed by atoms with Crippen LogP contribution >= 0.6 is 23.2 Å².